The average molecular weight is 735 g/mol. The van der Waals surface area contributed by atoms with Crippen LogP contribution in [0.25, 0.3) is 0 Å². The molecule has 0 saturated heterocycles. The Morgan fingerprint density at radius 1 is 0.580 bits per heavy atom. The van der Waals surface area contributed by atoms with Crippen molar-refractivity contribution >= 4 is 28.1 Å². The van der Waals surface area contributed by atoms with Crippen molar-refractivity contribution < 1.29 is 31.8 Å². The lowest BCUT2D eigenvalue weighted by atomic mass is 9.86. The third kappa shape index (κ3) is 37.5. The normalized spacial score (nSPS) is 12.5. The van der Waals surface area contributed by atoms with Gasteiger partial charge in [-0.2, -0.15) is 8.42 Å². The second-order valence-corrected chi connectivity index (χ2v) is 14.9. The first kappa shape index (κ1) is 50.3. The Hall–Kier alpha value is -1.76. The van der Waals surface area contributed by atoms with Gasteiger partial charge in [0.2, 0.25) is 0 Å². The fraction of sp³-hybridized carbons (Fsp3) is 0.921. The summed E-state index contributed by atoms with van der Waals surface area (Å²) in [6, 6.07) is 0. The van der Waals surface area contributed by atoms with Gasteiger partial charge in [-0.3, -0.25) is 18.9 Å². The maximum Gasteiger partial charge on any atom is 0.394 e. The van der Waals surface area contributed by atoms with E-state index in [9.17, 15) is 9.59 Å². The van der Waals surface area contributed by atoms with E-state index in [0.29, 0.717) is 26.0 Å². The molecule has 1 unspecified atom stereocenters. The largest absolute Gasteiger partial charge is 0.464 e. The number of guanidine groups is 1. The Morgan fingerprint density at radius 3 is 1.24 bits per heavy atom. The van der Waals surface area contributed by atoms with Gasteiger partial charge in [0.05, 0.1) is 6.61 Å². The van der Waals surface area contributed by atoms with Gasteiger partial charge in [0.15, 0.2) is 17.3 Å². The molecule has 0 bridgehead atoms. The quantitative estimate of drug-likeness (QED) is 0.0104. The van der Waals surface area contributed by atoms with Gasteiger partial charge in [-0.15, -0.1) is 0 Å². The zero-order valence-electron chi connectivity index (χ0n) is 32.2. The van der Waals surface area contributed by atoms with E-state index in [1.807, 2.05) is 0 Å². The molecule has 50 heavy (non-hydrogen) atoms. The van der Waals surface area contributed by atoms with Gasteiger partial charge in [-0.25, -0.2) is 4.79 Å². The molecule has 0 aliphatic carbocycles. The van der Waals surface area contributed by atoms with Crippen molar-refractivity contribution in [2.45, 2.75) is 212 Å². The minimum Gasteiger partial charge on any atom is -0.464 e. The first-order valence-electron chi connectivity index (χ1n) is 20.1. The summed E-state index contributed by atoms with van der Waals surface area (Å²) in [7, 11) is -4.67. The average Bonchev–Trinajstić information content (AvgIpc) is 3.05. The number of hydrogen-bond donors (Lipinski definition) is 5. The SMILES string of the molecule is CCCCCCCCCCCCCCCCCCOC(=O)C(N)(CCCN=C(N)N)C(=O)CCCCCCCCCCCCC.O=S(=O)(O)O. The summed E-state index contributed by atoms with van der Waals surface area (Å²) in [6.45, 7) is 5.17. The summed E-state index contributed by atoms with van der Waals surface area (Å²) in [5.74, 6) is -0.822. The van der Waals surface area contributed by atoms with Gasteiger partial charge in [0.1, 0.15) is 0 Å². The molecule has 1 atom stereocenters. The fourth-order valence-electron chi connectivity index (χ4n) is 6.04. The summed E-state index contributed by atoms with van der Waals surface area (Å²) < 4.78 is 37.1. The number of carbonyl (C=O) groups excluding carboxylic acids is 2. The van der Waals surface area contributed by atoms with Crippen LogP contribution in [-0.2, 0) is 24.7 Å². The molecule has 298 valence electrons. The van der Waals surface area contributed by atoms with Crippen LogP contribution in [0, 0.1) is 0 Å². The molecule has 12 heteroatoms. The van der Waals surface area contributed by atoms with E-state index in [-0.39, 0.29) is 18.2 Å². The lowest BCUT2D eigenvalue weighted by Crippen LogP contribution is -2.56. The van der Waals surface area contributed by atoms with Crippen LogP contribution in [0.15, 0.2) is 4.99 Å². The van der Waals surface area contributed by atoms with Crippen molar-refractivity contribution in [2.75, 3.05) is 13.2 Å². The fourth-order valence-corrected chi connectivity index (χ4v) is 6.04. The van der Waals surface area contributed by atoms with Gasteiger partial charge in [-0.1, -0.05) is 174 Å². The van der Waals surface area contributed by atoms with E-state index >= 15 is 0 Å². The second-order valence-electron chi connectivity index (χ2n) is 14.0. The van der Waals surface area contributed by atoms with Crippen LogP contribution in [0.2, 0.25) is 0 Å². The Labute approximate surface area is 306 Å². The third-order valence-electron chi connectivity index (χ3n) is 9.12. The molecule has 0 aromatic heterocycles. The number of aliphatic imine (C=N–C) groups is 1. The van der Waals surface area contributed by atoms with E-state index in [4.69, 9.17) is 39.5 Å². The van der Waals surface area contributed by atoms with Crippen molar-refractivity contribution in [3.63, 3.8) is 0 Å². The molecule has 0 rings (SSSR count). The van der Waals surface area contributed by atoms with Crippen LogP contribution in [0.5, 0.6) is 0 Å². The Bertz CT molecular complexity index is 922. The van der Waals surface area contributed by atoms with Crippen LogP contribution in [0.3, 0.4) is 0 Å². The Morgan fingerprint density at radius 2 is 0.900 bits per heavy atom. The molecule has 0 aromatic carbocycles. The molecule has 0 heterocycles. The van der Waals surface area contributed by atoms with Crippen LogP contribution in [0.4, 0.5) is 0 Å². The van der Waals surface area contributed by atoms with E-state index in [1.54, 1.807) is 0 Å². The molecular weight excluding hydrogens is 657 g/mol. The van der Waals surface area contributed by atoms with Gasteiger partial charge < -0.3 is 21.9 Å². The van der Waals surface area contributed by atoms with E-state index < -0.39 is 21.9 Å². The maximum atomic E-state index is 13.2. The van der Waals surface area contributed by atoms with Gasteiger partial charge in [0.25, 0.3) is 0 Å². The van der Waals surface area contributed by atoms with Gasteiger partial charge in [-0.05, 0) is 25.7 Å². The zero-order chi connectivity index (χ0) is 37.8. The monoisotopic (exact) mass is 735 g/mol. The summed E-state index contributed by atoms with van der Waals surface area (Å²) >= 11 is 0. The van der Waals surface area contributed by atoms with E-state index in [0.717, 1.165) is 38.5 Å². The number of rotatable bonds is 35. The first-order chi connectivity index (χ1) is 23.9. The Kier molecular flexibility index (Phi) is 35.9. The van der Waals surface area contributed by atoms with Crippen molar-refractivity contribution in [3.05, 3.63) is 0 Å². The number of ether oxygens (including phenoxy) is 1. The number of Topliss-reactive ketones (excluding diaryl/α,β-unsaturated/α-hetero) is 1. The molecule has 0 saturated carbocycles. The summed E-state index contributed by atoms with van der Waals surface area (Å²) in [6.07, 6.45) is 34.9. The van der Waals surface area contributed by atoms with E-state index in [2.05, 4.69) is 18.8 Å². The van der Waals surface area contributed by atoms with Crippen molar-refractivity contribution in [1.29, 1.82) is 0 Å². The first-order valence-corrected chi connectivity index (χ1v) is 21.5. The molecule has 0 aromatic rings. The predicted molar refractivity (Wildman–Crippen MR) is 208 cm³/mol. The van der Waals surface area contributed by atoms with Crippen LogP contribution < -0.4 is 17.2 Å². The summed E-state index contributed by atoms with van der Waals surface area (Å²) in [4.78, 5) is 30.2. The highest BCUT2D eigenvalue weighted by Gasteiger charge is 2.42. The standard InChI is InChI=1S/C38H76N4O3.H2O4S/c1-3-5-7-9-11-13-15-16-17-18-19-21-23-25-27-29-34-45-36(44)38(41,32-30-33-42-37(39)40)35(43)31-28-26-24-22-20-14-12-10-8-6-4-2;1-5(2,3)4/h3-34,41H2,1-2H3,(H4,39,40,42);(H2,1,2,3,4). The van der Waals surface area contributed by atoms with Crippen LogP contribution in [0.1, 0.15) is 206 Å². The smallest absolute Gasteiger partial charge is 0.394 e. The number of esters is 1. The molecule has 0 fully saturated rings. The lowest BCUT2D eigenvalue weighted by molar-refractivity contribution is -0.154. The van der Waals surface area contributed by atoms with Crippen molar-refractivity contribution in [1.82, 2.24) is 0 Å². The maximum absolute atomic E-state index is 13.2. The molecule has 0 radical (unpaired) electrons. The Balaban J connectivity index is 0. The zero-order valence-corrected chi connectivity index (χ0v) is 33.0. The molecule has 8 N–H and O–H groups in total. The highest BCUT2D eigenvalue weighted by molar-refractivity contribution is 7.79. The van der Waals surface area contributed by atoms with E-state index in [1.165, 1.54) is 135 Å². The van der Waals surface area contributed by atoms with Crippen molar-refractivity contribution in [2.24, 2.45) is 22.2 Å². The highest BCUT2D eigenvalue weighted by atomic mass is 32.3. The lowest BCUT2D eigenvalue weighted by Gasteiger charge is -2.26. The number of carbonyl (C=O) groups is 2. The van der Waals surface area contributed by atoms with Gasteiger partial charge in [0, 0.05) is 13.0 Å². The summed E-state index contributed by atoms with van der Waals surface area (Å²) in [5.41, 5.74) is 15.7. The number of unbranched alkanes of at least 4 members (excludes halogenated alkanes) is 25. The number of ketones is 1. The molecule has 0 spiro atoms. The van der Waals surface area contributed by atoms with Gasteiger partial charge >= 0.3 is 16.4 Å². The van der Waals surface area contributed by atoms with Crippen LogP contribution in [-0.4, -0.2) is 53.9 Å². The number of nitrogens with two attached hydrogens (primary N) is 3. The minimum atomic E-state index is -4.67. The van der Waals surface area contributed by atoms with Crippen molar-refractivity contribution in [3.8, 4) is 0 Å². The molecular formula is C38H78N4O7S. The van der Waals surface area contributed by atoms with Crippen LogP contribution >= 0.6 is 0 Å². The predicted octanol–water partition coefficient (Wildman–Crippen LogP) is 9.16. The third-order valence-corrected chi connectivity index (χ3v) is 9.12. The minimum absolute atomic E-state index is 0.00372. The molecule has 11 nitrogen and oxygen atoms in total. The molecule has 0 aliphatic heterocycles. The topological polar surface area (TPSA) is 208 Å². The molecule has 0 aliphatic rings. The number of nitrogens with zero attached hydrogens (tertiary/aromatic N) is 1. The summed E-state index contributed by atoms with van der Waals surface area (Å²) in [5, 5.41) is 0. The second kappa shape index (κ2) is 35.6. The number of hydrogen-bond acceptors (Lipinski definition) is 7. The molecule has 0 amide bonds. The highest BCUT2D eigenvalue weighted by Crippen LogP contribution is 2.20.